The fraction of sp³-hybridized carbons (Fsp3) is 0.103. The van der Waals surface area contributed by atoms with Crippen molar-refractivity contribution in [3.8, 4) is 11.1 Å². The van der Waals surface area contributed by atoms with Crippen LogP contribution < -0.4 is 10.6 Å². The molecule has 0 saturated heterocycles. The summed E-state index contributed by atoms with van der Waals surface area (Å²) in [6, 6.07) is 30.0. The second-order valence-corrected chi connectivity index (χ2v) is 9.32. The molecule has 0 radical (unpaired) electrons. The van der Waals surface area contributed by atoms with Crippen LogP contribution in [0.25, 0.3) is 11.1 Å². The van der Waals surface area contributed by atoms with Crippen molar-refractivity contribution in [1.82, 2.24) is 5.32 Å². The van der Waals surface area contributed by atoms with Crippen molar-refractivity contribution in [2.45, 2.75) is 23.1 Å². The molecule has 4 aromatic rings. The van der Waals surface area contributed by atoms with E-state index in [0.29, 0.717) is 23.4 Å². The number of amides is 2. The van der Waals surface area contributed by atoms with E-state index in [2.05, 4.69) is 47.0 Å². The molecule has 0 bridgehead atoms. The quantitative estimate of drug-likeness (QED) is 0.362. The normalized spacial score (nSPS) is 12.2. The Bertz CT molecular complexity index is 1370. The van der Waals surface area contributed by atoms with Crippen molar-refractivity contribution in [1.29, 1.82) is 0 Å². The molecule has 0 aromatic heterocycles. The first-order valence-electron chi connectivity index (χ1n) is 11.2. The molecule has 0 aliphatic carbocycles. The van der Waals surface area contributed by atoms with Gasteiger partial charge in [-0.05, 0) is 59.9 Å². The topological polar surface area (TPSA) is 58.2 Å². The van der Waals surface area contributed by atoms with Crippen LogP contribution >= 0.6 is 11.8 Å². The highest BCUT2D eigenvalue weighted by Gasteiger charge is 2.23. The van der Waals surface area contributed by atoms with Crippen LogP contribution in [0, 0.1) is 6.92 Å². The standard InChI is InChI=1S/C29H24N2O2S/c1-19-23(15-16-26-27(19)31-29(33)24-9-5-6-10-25(24)34-26)28(32)30-18-17-20-11-13-22(14-12-20)21-7-3-2-4-8-21/h2-16H,17-18H2,1H3,(H,30,32)(H,31,33). The van der Waals surface area contributed by atoms with E-state index in [-0.39, 0.29) is 11.8 Å². The third kappa shape index (κ3) is 4.47. The van der Waals surface area contributed by atoms with Gasteiger partial charge in [0.1, 0.15) is 0 Å². The lowest BCUT2D eigenvalue weighted by Crippen LogP contribution is -2.26. The monoisotopic (exact) mass is 464 g/mol. The van der Waals surface area contributed by atoms with E-state index in [1.165, 1.54) is 16.7 Å². The van der Waals surface area contributed by atoms with Gasteiger partial charge in [0.2, 0.25) is 0 Å². The summed E-state index contributed by atoms with van der Waals surface area (Å²) in [5, 5.41) is 6.03. The van der Waals surface area contributed by atoms with Gasteiger partial charge in [0, 0.05) is 21.9 Å². The number of hydrogen-bond acceptors (Lipinski definition) is 3. The smallest absolute Gasteiger partial charge is 0.256 e. The Morgan fingerprint density at radius 2 is 1.53 bits per heavy atom. The van der Waals surface area contributed by atoms with Crippen LogP contribution in [0.5, 0.6) is 0 Å². The molecule has 2 amide bonds. The number of rotatable bonds is 5. The second-order valence-electron chi connectivity index (χ2n) is 8.23. The number of carbonyl (C=O) groups excluding carboxylic acids is 2. The molecule has 1 heterocycles. The highest BCUT2D eigenvalue weighted by atomic mass is 32.2. The molecule has 5 heteroatoms. The zero-order valence-corrected chi connectivity index (χ0v) is 19.6. The average Bonchev–Trinajstić information content (AvgIpc) is 3.02. The van der Waals surface area contributed by atoms with Gasteiger partial charge in [-0.15, -0.1) is 0 Å². The fourth-order valence-corrected chi connectivity index (χ4v) is 5.22. The number of fused-ring (bicyclic) bond motifs is 2. The lowest BCUT2D eigenvalue weighted by atomic mass is 10.0. The van der Waals surface area contributed by atoms with Crippen molar-refractivity contribution in [3.63, 3.8) is 0 Å². The van der Waals surface area contributed by atoms with Crippen molar-refractivity contribution in [2.24, 2.45) is 0 Å². The first-order chi connectivity index (χ1) is 16.6. The van der Waals surface area contributed by atoms with Gasteiger partial charge in [-0.25, -0.2) is 0 Å². The first kappa shape index (κ1) is 22.0. The van der Waals surface area contributed by atoms with E-state index < -0.39 is 0 Å². The summed E-state index contributed by atoms with van der Waals surface area (Å²) in [6.07, 6.45) is 0.743. The maximum atomic E-state index is 12.9. The lowest BCUT2D eigenvalue weighted by molar-refractivity contribution is 0.0952. The maximum absolute atomic E-state index is 12.9. The number of benzene rings is 4. The van der Waals surface area contributed by atoms with Gasteiger partial charge in [-0.1, -0.05) is 78.5 Å². The summed E-state index contributed by atoms with van der Waals surface area (Å²) < 4.78 is 0. The van der Waals surface area contributed by atoms with Gasteiger partial charge in [0.05, 0.1) is 11.3 Å². The molecule has 0 atom stereocenters. The van der Waals surface area contributed by atoms with Gasteiger partial charge in [-0.2, -0.15) is 0 Å². The van der Waals surface area contributed by atoms with Crippen molar-refractivity contribution in [2.75, 3.05) is 11.9 Å². The summed E-state index contributed by atoms with van der Waals surface area (Å²) >= 11 is 1.54. The van der Waals surface area contributed by atoms with E-state index in [1.807, 2.05) is 61.5 Å². The minimum absolute atomic E-state index is 0.137. The molecule has 4 aromatic carbocycles. The predicted octanol–water partition coefficient (Wildman–Crippen LogP) is 6.35. The van der Waals surface area contributed by atoms with Crippen molar-refractivity contribution >= 4 is 29.3 Å². The largest absolute Gasteiger partial charge is 0.352 e. The van der Waals surface area contributed by atoms with Gasteiger partial charge in [-0.3, -0.25) is 9.59 Å². The summed E-state index contributed by atoms with van der Waals surface area (Å²) in [5.74, 6) is -0.288. The third-order valence-corrected chi connectivity index (χ3v) is 7.16. The Kier molecular flexibility index (Phi) is 6.19. The third-order valence-electron chi connectivity index (χ3n) is 6.02. The minimum atomic E-state index is -0.151. The molecule has 2 N–H and O–H groups in total. The Hall–Kier alpha value is -3.83. The van der Waals surface area contributed by atoms with Crippen LogP contribution in [0.1, 0.15) is 31.8 Å². The molecule has 168 valence electrons. The van der Waals surface area contributed by atoms with Crippen molar-refractivity contribution in [3.05, 3.63) is 113 Å². The number of hydrogen-bond donors (Lipinski definition) is 2. The lowest BCUT2D eigenvalue weighted by Gasteiger charge is -2.14. The van der Waals surface area contributed by atoms with Crippen LogP contribution in [0.15, 0.2) is 101 Å². The minimum Gasteiger partial charge on any atom is -0.352 e. The van der Waals surface area contributed by atoms with Crippen LogP contribution in [0.3, 0.4) is 0 Å². The summed E-state index contributed by atoms with van der Waals surface area (Å²) in [4.78, 5) is 27.5. The summed E-state index contributed by atoms with van der Waals surface area (Å²) in [6.45, 7) is 2.42. The summed E-state index contributed by atoms with van der Waals surface area (Å²) in [7, 11) is 0. The molecule has 0 spiro atoms. The zero-order chi connectivity index (χ0) is 23.5. The molecule has 1 aliphatic heterocycles. The van der Waals surface area contributed by atoms with E-state index >= 15 is 0 Å². The zero-order valence-electron chi connectivity index (χ0n) is 18.8. The second kappa shape index (κ2) is 9.57. The van der Waals surface area contributed by atoms with E-state index in [0.717, 1.165) is 21.8 Å². The molecule has 0 unspecified atom stereocenters. The van der Waals surface area contributed by atoms with Gasteiger partial charge >= 0.3 is 0 Å². The van der Waals surface area contributed by atoms with E-state index in [4.69, 9.17) is 0 Å². The van der Waals surface area contributed by atoms with Crippen molar-refractivity contribution < 1.29 is 9.59 Å². The van der Waals surface area contributed by atoms with Crippen LogP contribution in [-0.4, -0.2) is 18.4 Å². The van der Waals surface area contributed by atoms with E-state index in [1.54, 1.807) is 11.8 Å². The summed E-state index contributed by atoms with van der Waals surface area (Å²) in [5.41, 5.74) is 6.23. The van der Waals surface area contributed by atoms with Crippen LogP contribution in [-0.2, 0) is 6.42 Å². The van der Waals surface area contributed by atoms with Crippen LogP contribution in [0.4, 0.5) is 5.69 Å². The number of anilines is 1. The highest BCUT2D eigenvalue weighted by Crippen LogP contribution is 2.41. The van der Waals surface area contributed by atoms with E-state index in [9.17, 15) is 9.59 Å². The molecule has 0 fully saturated rings. The average molecular weight is 465 g/mol. The molecule has 1 aliphatic rings. The molecular formula is C29H24N2O2S. The van der Waals surface area contributed by atoms with Gasteiger partial charge in [0.15, 0.2) is 0 Å². The Labute approximate surface area is 203 Å². The Balaban J connectivity index is 1.25. The Morgan fingerprint density at radius 1 is 0.824 bits per heavy atom. The predicted molar refractivity (Wildman–Crippen MR) is 138 cm³/mol. The molecule has 34 heavy (non-hydrogen) atoms. The molecule has 0 saturated carbocycles. The van der Waals surface area contributed by atoms with Crippen LogP contribution in [0.2, 0.25) is 0 Å². The highest BCUT2D eigenvalue weighted by molar-refractivity contribution is 7.99. The number of nitrogens with one attached hydrogen (secondary N) is 2. The molecular weight excluding hydrogens is 440 g/mol. The van der Waals surface area contributed by atoms with Gasteiger partial charge < -0.3 is 10.6 Å². The molecule has 5 rings (SSSR count). The maximum Gasteiger partial charge on any atom is 0.256 e. The van der Waals surface area contributed by atoms with Gasteiger partial charge in [0.25, 0.3) is 11.8 Å². The first-order valence-corrected chi connectivity index (χ1v) is 12.1. The fourth-order valence-electron chi connectivity index (χ4n) is 4.13. The number of carbonyl (C=O) groups is 2. The SMILES string of the molecule is Cc1c(C(=O)NCCc2ccc(-c3ccccc3)cc2)ccc2c1NC(=O)c1ccccc1S2. The molecule has 4 nitrogen and oxygen atoms in total. The Morgan fingerprint density at radius 3 is 2.32 bits per heavy atom.